The Morgan fingerprint density at radius 1 is 1.25 bits per heavy atom. The second-order valence-corrected chi connectivity index (χ2v) is 8.81. The number of benzene rings is 2. The van der Waals surface area contributed by atoms with Gasteiger partial charge < -0.3 is 15.2 Å². The number of H-pyrrole nitrogens is 1. The van der Waals surface area contributed by atoms with Crippen LogP contribution in [0.3, 0.4) is 0 Å². The van der Waals surface area contributed by atoms with Crippen molar-refractivity contribution < 1.29 is 9.59 Å². The Balaban J connectivity index is 1.34. The minimum absolute atomic E-state index is 0.00839. The van der Waals surface area contributed by atoms with Gasteiger partial charge in [-0.3, -0.25) is 9.59 Å². The fraction of sp³-hybridized carbons (Fsp3) is 0.238. The first-order valence-corrected chi connectivity index (χ1v) is 10.5. The Labute approximate surface area is 171 Å². The number of aromatic nitrogens is 1. The molecule has 0 radical (unpaired) electrons. The SMILES string of the molecule is O=C1Nc2ccccc2SC1CC(=O)N1CCc2[nH]c3ccc(Cl)cc3c2C1. The number of para-hydroxylation sites is 1. The zero-order valence-corrected chi connectivity index (χ0v) is 16.6. The molecule has 2 aliphatic rings. The average Bonchev–Trinajstić information content (AvgIpc) is 3.05. The molecule has 2 aliphatic heterocycles. The van der Waals surface area contributed by atoms with E-state index in [0.717, 1.165) is 33.5 Å². The van der Waals surface area contributed by atoms with Crippen LogP contribution < -0.4 is 5.32 Å². The molecular weight excluding hydrogens is 394 g/mol. The van der Waals surface area contributed by atoms with E-state index in [0.29, 0.717) is 18.1 Å². The molecule has 1 unspecified atom stereocenters. The maximum absolute atomic E-state index is 13.0. The molecule has 0 saturated heterocycles. The lowest BCUT2D eigenvalue weighted by atomic mass is 10.0. The van der Waals surface area contributed by atoms with Crippen LogP contribution in [0.5, 0.6) is 0 Å². The highest BCUT2D eigenvalue weighted by atomic mass is 35.5. The van der Waals surface area contributed by atoms with E-state index in [4.69, 9.17) is 11.6 Å². The Kier molecular flexibility index (Phi) is 4.33. The van der Waals surface area contributed by atoms with E-state index < -0.39 is 5.25 Å². The van der Waals surface area contributed by atoms with Crippen LogP contribution in [-0.4, -0.2) is 33.5 Å². The average molecular weight is 412 g/mol. The van der Waals surface area contributed by atoms with Crippen molar-refractivity contribution >= 4 is 51.8 Å². The number of carbonyl (C=O) groups is 2. The van der Waals surface area contributed by atoms with Crippen molar-refractivity contribution in [3.05, 3.63) is 58.7 Å². The molecule has 5 rings (SSSR count). The van der Waals surface area contributed by atoms with Crippen molar-refractivity contribution in [3.63, 3.8) is 0 Å². The summed E-state index contributed by atoms with van der Waals surface area (Å²) in [4.78, 5) is 31.7. The lowest BCUT2D eigenvalue weighted by molar-refractivity contribution is -0.133. The molecule has 3 aromatic rings. The maximum atomic E-state index is 13.0. The van der Waals surface area contributed by atoms with E-state index in [1.165, 1.54) is 17.5 Å². The minimum atomic E-state index is -0.402. The van der Waals surface area contributed by atoms with E-state index in [1.807, 2.05) is 47.4 Å². The van der Waals surface area contributed by atoms with E-state index in [1.54, 1.807) is 0 Å². The predicted molar refractivity (Wildman–Crippen MR) is 112 cm³/mol. The molecule has 0 bridgehead atoms. The Morgan fingerprint density at radius 2 is 2.11 bits per heavy atom. The molecule has 0 aliphatic carbocycles. The number of thioether (sulfide) groups is 1. The zero-order chi connectivity index (χ0) is 19.3. The largest absolute Gasteiger partial charge is 0.358 e. The van der Waals surface area contributed by atoms with Crippen molar-refractivity contribution in [3.8, 4) is 0 Å². The molecule has 5 nitrogen and oxygen atoms in total. The fourth-order valence-corrected chi connectivity index (χ4v) is 5.19. The summed E-state index contributed by atoms with van der Waals surface area (Å²) in [7, 11) is 0. The highest BCUT2D eigenvalue weighted by Crippen LogP contribution is 2.37. The van der Waals surface area contributed by atoms with Crippen LogP contribution in [-0.2, 0) is 22.6 Å². The number of amides is 2. The summed E-state index contributed by atoms with van der Waals surface area (Å²) in [6.45, 7) is 1.20. The number of hydrogen-bond acceptors (Lipinski definition) is 3. The van der Waals surface area contributed by atoms with Gasteiger partial charge >= 0.3 is 0 Å². The van der Waals surface area contributed by atoms with Gasteiger partial charge in [-0.15, -0.1) is 11.8 Å². The summed E-state index contributed by atoms with van der Waals surface area (Å²) in [5.74, 6) is -0.0947. The van der Waals surface area contributed by atoms with Crippen molar-refractivity contribution in [1.82, 2.24) is 9.88 Å². The molecular formula is C21H18ClN3O2S. The molecule has 0 fully saturated rings. The van der Waals surface area contributed by atoms with E-state index >= 15 is 0 Å². The van der Waals surface area contributed by atoms with Gasteiger partial charge in [0.2, 0.25) is 11.8 Å². The van der Waals surface area contributed by atoms with Gasteiger partial charge in [-0.05, 0) is 30.3 Å². The van der Waals surface area contributed by atoms with E-state index in [9.17, 15) is 9.59 Å². The zero-order valence-electron chi connectivity index (χ0n) is 15.0. The molecule has 0 saturated carbocycles. The topological polar surface area (TPSA) is 65.2 Å². The van der Waals surface area contributed by atoms with Gasteiger partial charge in [-0.25, -0.2) is 0 Å². The fourth-order valence-electron chi connectivity index (χ4n) is 3.91. The summed E-state index contributed by atoms with van der Waals surface area (Å²) in [6.07, 6.45) is 0.976. The number of nitrogens with one attached hydrogen (secondary N) is 2. The maximum Gasteiger partial charge on any atom is 0.238 e. The van der Waals surface area contributed by atoms with Crippen LogP contribution in [0, 0.1) is 0 Å². The van der Waals surface area contributed by atoms with Gasteiger partial charge in [0, 0.05) is 58.0 Å². The lowest BCUT2D eigenvalue weighted by Gasteiger charge is -2.30. The second kappa shape index (κ2) is 6.87. The number of carbonyl (C=O) groups excluding carboxylic acids is 2. The third kappa shape index (κ3) is 3.06. The van der Waals surface area contributed by atoms with Crippen LogP contribution in [0.1, 0.15) is 17.7 Å². The number of fused-ring (bicyclic) bond motifs is 4. The van der Waals surface area contributed by atoms with Crippen molar-refractivity contribution in [1.29, 1.82) is 0 Å². The summed E-state index contributed by atoms with van der Waals surface area (Å²) in [5.41, 5.74) is 4.16. The number of nitrogens with zero attached hydrogens (tertiary/aromatic N) is 1. The molecule has 7 heteroatoms. The minimum Gasteiger partial charge on any atom is -0.358 e. The standard InChI is InChI=1S/C21H18ClN3O2S/c22-12-5-6-15-13(9-12)14-11-25(8-7-16(14)23-15)20(26)10-19-21(27)24-17-3-1-2-4-18(17)28-19/h1-6,9,19,23H,7-8,10-11H2,(H,24,27). The van der Waals surface area contributed by atoms with Gasteiger partial charge in [-0.2, -0.15) is 0 Å². The molecule has 142 valence electrons. The third-order valence-electron chi connectivity index (χ3n) is 5.36. The molecule has 0 spiro atoms. The third-order valence-corrected chi connectivity index (χ3v) is 6.87. The summed E-state index contributed by atoms with van der Waals surface area (Å²) in [6, 6.07) is 13.5. The van der Waals surface area contributed by atoms with Crippen LogP contribution in [0.15, 0.2) is 47.4 Å². The van der Waals surface area contributed by atoms with Crippen LogP contribution >= 0.6 is 23.4 Å². The smallest absolute Gasteiger partial charge is 0.238 e. The molecule has 2 amide bonds. The van der Waals surface area contributed by atoms with Crippen LogP contribution in [0.25, 0.3) is 10.9 Å². The molecule has 1 aromatic heterocycles. The predicted octanol–water partition coefficient (Wildman–Crippen LogP) is 4.21. The first-order valence-electron chi connectivity index (χ1n) is 9.22. The number of halogens is 1. The lowest BCUT2D eigenvalue weighted by Crippen LogP contribution is -2.40. The monoisotopic (exact) mass is 411 g/mol. The van der Waals surface area contributed by atoms with E-state index in [2.05, 4.69) is 10.3 Å². The Bertz CT molecular complexity index is 1110. The van der Waals surface area contributed by atoms with Gasteiger partial charge in [0.15, 0.2) is 0 Å². The first-order chi connectivity index (χ1) is 13.6. The second-order valence-electron chi connectivity index (χ2n) is 7.13. The molecule has 1 atom stereocenters. The molecule has 2 aromatic carbocycles. The van der Waals surface area contributed by atoms with Gasteiger partial charge in [0.1, 0.15) is 0 Å². The molecule has 3 heterocycles. The highest BCUT2D eigenvalue weighted by Gasteiger charge is 2.32. The quantitative estimate of drug-likeness (QED) is 0.663. The highest BCUT2D eigenvalue weighted by molar-refractivity contribution is 8.01. The molecule has 28 heavy (non-hydrogen) atoms. The number of anilines is 1. The number of aromatic amines is 1. The van der Waals surface area contributed by atoms with Gasteiger partial charge in [-0.1, -0.05) is 23.7 Å². The summed E-state index contributed by atoms with van der Waals surface area (Å²) >= 11 is 7.63. The van der Waals surface area contributed by atoms with Crippen molar-refractivity contribution in [2.75, 3.05) is 11.9 Å². The number of rotatable bonds is 2. The first kappa shape index (κ1) is 17.6. The van der Waals surface area contributed by atoms with E-state index in [-0.39, 0.29) is 18.2 Å². The van der Waals surface area contributed by atoms with Gasteiger partial charge in [0.25, 0.3) is 0 Å². The Morgan fingerprint density at radius 3 is 3.00 bits per heavy atom. The van der Waals surface area contributed by atoms with Crippen molar-refractivity contribution in [2.45, 2.75) is 29.5 Å². The normalized spacial score (nSPS) is 18.5. The van der Waals surface area contributed by atoms with Crippen molar-refractivity contribution in [2.24, 2.45) is 0 Å². The van der Waals surface area contributed by atoms with Gasteiger partial charge in [0.05, 0.1) is 10.9 Å². The van der Waals surface area contributed by atoms with Crippen LogP contribution in [0.2, 0.25) is 5.02 Å². The summed E-state index contributed by atoms with van der Waals surface area (Å²) < 4.78 is 0. The summed E-state index contributed by atoms with van der Waals surface area (Å²) in [5, 5.41) is 4.26. The van der Waals surface area contributed by atoms with Crippen LogP contribution in [0.4, 0.5) is 5.69 Å². The number of hydrogen-bond donors (Lipinski definition) is 2. The molecule has 2 N–H and O–H groups in total. The Hall–Kier alpha value is -2.44.